The van der Waals surface area contributed by atoms with E-state index in [4.69, 9.17) is 19.9 Å². The summed E-state index contributed by atoms with van der Waals surface area (Å²) >= 11 is 0. The van der Waals surface area contributed by atoms with E-state index in [2.05, 4.69) is 0 Å². The SMILES string of the molecule is CC(C)(C)OC(=O)COC1CCN(C(=O)C(CN)C(=O)OC(C)(C)C)CC1. The van der Waals surface area contributed by atoms with Gasteiger partial charge >= 0.3 is 11.9 Å². The largest absolute Gasteiger partial charge is 0.459 e. The summed E-state index contributed by atoms with van der Waals surface area (Å²) in [7, 11) is 0. The Morgan fingerprint density at radius 1 is 1.00 bits per heavy atom. The van der Waals surface area contributed by atoms with Gasteiger partial charge in [0.1, 0.15) is 23.7 Å². The third-order valence-corrected chi connectivity index (χ3v) is 3.84. The van der Waals surface area contributed by atoms with Gasteiger partial charge in [-0.25, -0.2) is 4.79 Å². The molecule has 8 heteroatoms. The second-order valence-corrected chi connectivity index (χ2v) is 8.74. The summed E-state index contributed by atoms with van der Waals surface area (Å²) < 4.78 is 16.1. The van der Waals surface area contributed by atoms with E-state index < -0.39 is 29.1 Å². The fourth-order valence-corrected chi connectivity index (χ4v) is 2.69. The minimum Gasteiger partial charge on any atom is -0.459 e. The number of rotatable bonds is 6. The topological polar surface area (TPSA) is 108 Å². The van der Waals surface area contributed by atoms with Crippen molar-refractivity contribution in [3.8, 4) is 0 Å². The van der Waals surface area contributed by atoms with Crippen LogP contribution < -0.4 is 5.73 Å². The average Bonchev–Trinajstić information content (AvgIpc) is 2.50. The second-order valence-electron chi connectivity index (χ2n) is 8.74. The van der Waals surface area contributed by atoms with Gasteiger partial charge < -0.3 is 24.8 Å². The monoisotopic (exact) mass is 386 g/mol. The van der Waals surface area contributed by atoms with Crippen LogP contribution in [0.5, 0.6) is 0 Å². The number of ether oxygens (including phenoxy) is 3. The third kappa shape index (κ3) is 8.71. The number of amides is 1. The highest BCUT2D eigenvalue weighted by Gasteiger charge is 2.35. The Bertz CT molecular complexity index is 527. The van der Waals surface area contributed by atoms with Crippen LogP contribution in [0.4, 0.5) is 0 Å². The summed E-state index contributed by atoms with van der Waals surface area (Å²) in [5, 5.41) is 0. The van der Waals surface area contributed by atoms with Gasteiger partial charge in [-0.1, -0.05) is 0 Å². The highest BCUT2D eigenvalue weighted by atomic mass is 16.6. The summed E-state index contributed by atoms with van der Waals surface area (Å²) in [5.74, 6) is -2.33. The van der Waals surface area contributed by atoms with Crippen molar-refractivity contribution in [1.82, 2.24) is 4.90 Å². The van der Waals surface area contributed by atoms with Crippen LogP contribution in [0, 0.1) is 5.92 Å². The molecule has 1 aliphatic heterocycles. The summed E-state index contributed by atoms with van der Waals surface area (Å²) in [6.07, 6.45) is 1.04. The molecule has 1 amide bonds. The molecule has 0 radical (unpaired) electrons. The number of piperidine rings is 1. The maximum absolute atomic E-state index is 12.6. The zero-order chi connectivity index (χ0) is 20.8. The second kappa shape index (κ2) is 9.50. The van der Waals surface area contributed by atoms with Crippen molar-refractivity contribution in [2.45, 2.75) is 71.7 Å². The maximum atomic E-state index is 12.6. The molecule has 0 aromatic heterocycles. The van der Waals surface area contributed by atoms with Crippen LogP contribution in [-0.2, 0) is 28.6 Å². The Balaban J connectivity index is 2.47. The Kier molecular flexibility index (Phi) is 8.23. The molecule has 1 atom stereocenters. The van der Waals surface area contributed by atoms with Gasteiger partial charge in [-0.05, 0) is 54.4 Å². The molecule has 0 spiro atoms. The van der Waals surface area contributed by atoms with Crippen molar-refractivity contribution in [1.29, 1.82) is 0 Å². The van der Waals surface area contributed by atoms with Crippen LogP contribution in [0.15, 0.2) is 0 Å². The molecule has 0 aromatic rings. The molecule has 0 bridgehead atoms. The number of esters is 2. The van der Waals surface area contributed by atoms with Crippen LogP contribution in [0.25, 0.3) is 0 Å². The standard InChI is InChI=1S/C19H34N2O6/c1-18(2,3)26-15(22)12-25-13-7-9-21(10-8-13)16(23)14(11-20)17(24)27-19(4,5)6/h13-14H,7-12,20H2,1-6H3. The number of likely N-dealkylation sites (tertiary alicyclic amines) is 1. The van der Waals surface area contributed by atoms with Gasteiger partial charge in [0, 0.05) is 19.6 Å². The van der Waals surface area contributed by atoms with Crippen LogP contribution >= 0.6 is 0 Å². The van der Waals surface area contributed by atoms with E-state index in [9.17, 15) is 14.4 Å². The van der Waals surface area contributed by atoms with Crippen molar-refractivity contribution >= 4 is 17.8 Å². The van der Waals surface area contributed by atoms with Gasteiger partial charge in [0.25, 0.3) is 0 Å². The molecular formula is C19H34N2O6. The van der Waals surface area contributed by atoms with E-state index in [1.165, 1.54) is 0 Å². The minimum atomic E-state index is -0.997. The lowest BCUT2D eigenvalue weighted by Crippen LogP contribution is -2.48. The van der Waals surface area contributed by atoms with Gasteiger partial charge in [-0.2, -0.15) is 0 Å². The molecule has 8 nitrogen and oxygen atoms in total. The smallest absolute Gasteiger partial charge is 0.332 e. The predicted molar refractivity (Wildman–Crippen MR) is 99.8 cm³/mol. The van der Waals surface area contributed by atoms with E-state index >= 15 is 0 Å². The van der Waals surface area contributed by atoms with Crippen LogP contribution in [-0.4, -0.2) is 66.3 Å². The Morgan fingerprint density at radius 2 is 1.52 bits per heavy atom. The first kappa shape index (κ1) is 23.4. The van der Waals surface area contributed by atoms with Crippen molar-refractivity contribution in [2.75, 3.05) is 26.2 Å². The number of hydrogen-bond acceptors (Lipinski definition) is 7. The molecule has 0 saturated carbocycles. The number of carbonyl (C=O) groups is 3. The minimum absolute atomic E-state index is 0.0944. The quantitative estimate of drug-likeness (QED) is 0.540. The average molecular weight is 386 g/mol. The zero-order valence-corrected chi connectivity index (χ0v) is 17.4. The van der Waals surface area contributed by atoms with Gasteiger partial charge in [0.05, 0.1) is 6.10 Å². The highest BCUT2D eigenvalue weighted by molar-refractivity contribution is 5.98. The summed E-state index contributed by atoms with van der Waals surface area (Å²) in [5.41, 5.74) is 4.41. The Hall–Kier alpha value is -1.67. The number of nitrogens with zero attached hydrogens (tertiary/aromatic N) is 1. The first-order chi connectivity index (χ1) is 12.3. The summed E-state index contributed by atoms with van der Waals surface area (Å²) in [4.78, 5) is 38.1. The number of nitrogens with two attached hydrogens (primary N) is 1. The third-order valence-electron chi connectivity index (χ3n) is 3.84. The van der Waals surface area contributed by atoms with Crippen LogP contribution in [0.3, 0.4) is 0 Å². The molecule has 1 heterocycles. The Labute approximate surface area is 161 Å². The molecule has 1 fully saturated rings. The first-order valence-corrected chi connectivity index (χ1v) is 9.37. The normalized spacial score (nSPS) is 17.4. The molecule has 1 aliphatic rings. The highest BCUT2D eigenvalue weighted by Crippen LogP contribution is 2.18. The zero-order valence-electron chi connectivity index (χ0n) is 17.4. The van der Waals surface area contributed by atoms with E-state index in [0.29, 0.717) is 25.9 Å². The molecule has 0 aromatic carbocycles. The molecule has 156 valence electrons. The van der Waals surface area contributed by atoms with Gasteiger partial charge in [0.15, 0.2) is 0 Å². The molecular weight excluding hydrogens is 352 g/mol. The first-order valence-electron chi connectivity index (χ1n) is 9.37. The van der Waals surface area contributed by atoms with Crippen molar-refractivity contribution < 1.29 is 28.6 Å². The molecule has 1 saturated heterocycles. The lowest BCUT2D eigenvalue weighted by molar-refractivity contribution is -0.167. The Morgan fingerprint density at radius 3 is 1.96 bits per heavy atom. The molecule has 1 rings (SSSR count). The van der Waals surface area contributed by atoms with Crippen molar-refractivity contribution in [2.24, 2.45) is 11.7 Å². The van der Waals surface area contributed by atoms with Crippen molar-refractivity contribution in [3.05, 3.63) is 0 Å². The summed E-state index contributed by atoms with van der Waals surface area (Å²) in [6, 6.07) is 0. The number of hydrogen-bond donors (Lipinski definition) is 1. The van der Waals surface area contributed by atoms with E-state index in [-0.39, 0.29) is 25.2 Å². The van der Waals surface area contributed by atoms with Crippen molar-refractivity contribution in [3.63, 3.8) is 0 Å². The fourth-order valence-electron chi connectivity index (χ4n) is 2.69. The molecule has 2 N–H and O–H groups in total. The fraction of sp³-hybridized carbons (Fsp3) is 0.842. The predicted octanol–water partition coefficient (Wildman–Crippen LogP) is 1.25. The molecule has 27 heavy (non-hydrogen) atoms. The lowest BCUT2D eigenvalue weighted by Gasteiger charge is -2.34. The van der Waals surface area contributed by atoms with Crippen LogP contribution in [0.2, 0.25) is 0 Å². The van der Waals surface area contributed by atoms with Gasteiger partial charge in [-0.3, -0.25) is 9.59 Å². The van der Waals surface area contributed by atoms with E-state index in [0.717, 1.165) is 0 Å². The molecule has 0 aliphatic carbocycles. The van der Waals surface area contributed by atoms with Gasteiger partial charge in [0.2, 0.25) is 5.91 Å². The van der Waals surface area contributed by atoms with Crippen LogP contribution in [0.1, 0.15) is 54.4 Å². The molecule has 1 unspecified atom stereocenters. The van der Waals surface area contributed by atoms with E-state index in [1.807, 2.05) is 0 Å². The van der Waals surface area contributed by atoms with E-state index in [1.54, 1.807) is 46.4 Å². The van der Waals surface area contributed by atoms with Gasteiger partial charge in [-0.15, -0.1) is 0 Å². The summed E-state index contributed by atoms with van der Waals surface area (Å²) in [6.45, 7) is 11.3. The maximum Gasteiger partial charge on any atom is 0.332 e. The number of carbonyl (C=O) groups excluding carboxylic acids is 3. The lowest BCUT2D eigenvalue weighted by atomic mass is 10.0.